The van der Waals surface area contributed by atoms with Gasteiger partial charge in [-0.3, -0.25) is 14.4 Å². The summed E-state index contributed by atoms with van der Waals surface area (Å²) in [7, 11) is 6.52. The predicted molar refractivity (Wildman–Crippen MR) is 174 cm³/mol. The van der Waals surface area contributed by atoms with Crippen LogP contribution in [0.1, 0.15) is 27.2 Å². The van der Waals surface area contributed by atoms with E-state index >= 15 is 0 Å². The molecule has 3 amide bonds. The highest BCUT2D eigenvalue weighted by atomic mass is 35.5. The number of rotatable bonds is 10. The molecule has 1 aromatic heterocycles. The zero-order valence-electron chi connectivity index (χ0n) is 25.0. The first kappa shape index (κ1) is 32.3. The van der Waals surface area contributed by atoms with Crippen molar-refractivity contribution in [3.63, 3.8) is 0 Å². The van der Waals surface area contributed by atoms with E-state index in [1.807, 2.05) is 25.1 Å². The lowest BCUT2D eigenvalue weighted by Gasteiger charge is -2.21. The van der Waals surface area contributed by atoms with Crippen molar-refractivity contribution in [2.24, 2.45) is 0 Å². The van der Waals surface area contributed by atoms with Crippen LogP contribution in [0.4, 0.5) is 5.69 Å². The number of hydrogen-bond donors (Lipinski definition) is 1. The third-order valence-electron chi connectivity index (χ3n) is 6.79. The second kappa shape index (κ2) is 14.2. The van der Waals surface area contributed by atoms with Gasteiger partial charge in [-0.1, -0.05) is 41.4 Å². The molecular weight excluding hydrogens is 603 g/mol. The van der Waals surface area contributed by atoms with Gasteiger partial charge >= 0.3 is 0 Å². The maximum absolute atomic E-state index is 13.0. The second-order valence-electron chi connectivity index (χ2n) is 10.1. The van der Waals surface area contributed by atoms with Gasteiger partial charge in [0.1, 0.15) is 23.6 Å². The maximum atomic E-state index is 13.0. The number of ether oxygens (including phenoxy) is 2. The molecule has 0 unspecified atom stereocenters. The summed E-state index contributed by atoms with van der Waals surface area (Å²) in [6.45, 7) is 1.64. The maximum Gasteiger partial charge on any atom is 0.253 e. The molecule has 0 fully saturated rings. The van der Waals surface area contributed by atoms with Crippen molar-refractivity contribution in [1.29, 1.82) is 0 Å². The number of carbonyl (C=O) groups is 3. The van der Waals surface area contributed by atoms with Crippen LogP contribution in [0.2, 0.25) is 10.0 Å². The Balaban J connectivity index is 1.40. The SMILES string of the molecule is COc1cc(C)nc2c(OCc3c(Cl)ccc(N(C)C(=O)CNC(=O)/C=C/c4ccc(C(=O)N(C)C)cc4)c3Cl)cccc12. The summed E-state index contributed by atoms with van der Waals surface area (Å²) in [4.78, 5) is 44.8. The van der Waals surface area contributed by atoms with Crippen molar-refractivity contribution in [1.82, 2.24) is 15.2 Å². The first-order valence-electron chi connectivity index (χ1n) is 13.6. The average Bonchev–Trinajstić information content (AvgIpc) is 3.01. The highest BCUT2D eigenvalue weighted by Gasteiger charge is 2.20. The molecule has 44 heavy (non-hydrogen) atoms. The fourth-order valence-corrected chi connectivity index (χ4v) is 4.97. The number of pyridine rings is 1. The van der Waals surface area contributed by atoms with Gasteiger partial charge in [0.2, 0.25) is 11.8 Å². The number of nitrogens with one attached hydrogen (secondary N) is 1. The number of carbonyl (C=O) groups excluding carboxylic acids is 3. The summed E-state index contributed by atoms with van der Waals surface area (Å²) in [6, 6.07) is 17.5. The van der Waals surface area contributed by atoms with Crippen molar-refractivity contribution >= 4 is 63.6 Å². The number of para-hydroxylation sites is 1. The van der Waals surface area contributed by atoms with Gasteiger partial charge in [0.15, 0.2) is 0 Å². The quantitative estimate of drug-likeness (QED) is 0.217. The standard InChI is InChI=1S/C33H32Cl2N4O5/c1-20-17-28(43-5)23-7-6-8-27(32(23)37-20)44-19-24-25(34)14-15-26(31(24)35)39(4)30(41)18-36-29(40)16-11-21-9-12-22(13-10-21)33(42)38(2)3/h6-17H,18-19H2,1-5H3,(H,36,40)/b16-11+. The Labute approximate surface area is 266 Å². The van der Waals surface area contributed by atoms with Crippen LogP contribution in [0.25, 0.3) is 17.0 Å². The molecule has 228 valence electrons. The molecule has 0 saturated heterocycles. The van der Waals surface area contributed by atoms with Crippen LogP contribution in [-0.4, -0.2) is 62.4 Å². The van der Waals surface area contributed by atoms with Crippen molar-refractivity contribution < 1.29 is 23.9 Å². The van der Waals surface area contributed by atoms with Gasteiger partial charge in [-0.2, -0.15) is 0 Å². The molecule has 0 radical (unpaired) electrons. The molecular formula is C33H32Cl2N4O5. The lowest BCUT2D eigenvalue weighted by molar-refractivity contribution is -0.122. The first-order chi connectivity index (χ1) is 21.0. The summed E-state index contributed by atoms with van der Waals surface area (Å²) < 4.78 is 11.6. The van der Waals surface area contributed by atoms with E-state index in [0.717, 1.165) is 16.6 Å². The lowest BCUT2D eigenvalue weighted by atomic mass is 10.1. The number of aryl methyl sites for hydroxylation is 1. The Hall–Kier alpha value is -4.60. The molecule has 4 aromatic rings. The van der Waals surface area contributed by atoms with Gasteiger partial charge < -0.3 is 24.6 Å². The van der Waals surface area contributed by atoms with E-state index < -0.39 is 11.8 Å². The van der Waals surface area contributed by atoms with Gasteiger partial charge in [0.05, 0.1) is 24.4 Å². The predicted octanol–water partition coefficient (Wildman–Crippen LogP) is 5.93. The molecule has 0 aliphatic rings. The molecule has 0 aliphatic carbocycles. The highest BCUT2D eigenvalue weighted by molar-refractivity contribution is 6.38. The van der Waals surface area contributed by atoms with Crippen LogP contribution in [-0.2, 0) is 16.2 Å². The Bertz CT molecular complexity index is 1740. The zero-order valence-corrected chi connectivity index (χ0v) is 26.5. The number of fused-ring (bicyclic) bond motifs is 1. The summed E-state index contributed by atoms with van der Waals surface area (Å²) in [6.07, 6.45) is 2.92. The number of aromatic nitrogens is 1. The van der Waals surface area contributed by atoms with E-state index in [1.165, 1.54) is 15.9 Å². The largest absolute Gasteiger partial charge is 0.496 e. The van der Waals surface area contributed by atoms with Crippen molar-refractivity contribution in [3.05, 3.63) is 99.2 Å². The monoisotopic (exact) mass is 634 g/mol. The van der Waals surface area contributed by atoms with Crippen molar-refractivity contribution in [2.45, 2.75) is 13.5 Å². The third kappa shape index (κ3) is 7.48. The van der Waals surface area contributed by atoms with Crippen molar-refractivity contribution in [3.8, 4) is 11.5 Å². The smallest absolute Gasteiger partial charge is 0.253 e. The number of methoxy groups -OCH3 is 1. The Morgan fingerprint density at radius 3 is 2.39 bits per heavy atom. The van der Waals surface area contributed by atoms with Crippen LogP contribution in [0.5, 0.6) is 11.5 Å². The van der Waals surface area contributed by atoms with Gasteiger partial charge in [-0.25, -0.2) is 4.98 Å². The first-order valence-corrected chi connectivity index (χ1v) is 14.3. The number of benzene rings is 3. The number of likely N-dealkylation sites (N-methyl/N-ethyl adjacent to an activating group) is 1. The normalized spacial score (nSPS) is 11.0. The Morgan fingerprint density at radius 2 is 1.70 bits per heavy atom. The zero-order chi connectivity index (χ0) is 32.0. The number of halogens is 2. The molecule has 3 aromatic carbocycles. The van der Waals surface area contributed by atoms with Gasteiger partial charge in [-0.15, -0.1) is 0 Å². The molecule has 9 nitrogen and oxygen atoms in total. The third-order valence-corrected chi connectivity index (χ3v) is 7.57. The Kier molecular flexibility index (Phi) is 10.5. The van der Waals surface area contributed by atoms with Gasteiger partial charge in [0.25, 0.3) is 5.91 Å². The van der Waals surface area contributed by atoms with Crippen LogP contribution >= 0.6 is 23.2 Å². The lowest BCUT2D eigenvalue weighted by Crippen LogP contribution is -2.37. The van der Waals surface area contributed by atoms with Crippen LogP contribution in [0, 0.1) is 6.92 Å². The number of hydrogen-bond acceptors (Lipinski definition) is 6. The van der Waals surface area contributed by atoms with Gasteiger partial charge in [-0.05, 0) is 55.0 Å². The van der Waals surface area contributed by atoms with E-state index in [0.29, 0.717) is 38.9 Å². The molecule has 1 N–H and O–H groups in total. The second-order valence-corrected chi connectivity index (χ2v) is 10.9. The summed E-state index contributed by atoms with van der Waals surface area (Å²) >= 11 is 13.2. The molecule has 11 heteroatoms. The molecule has 0 aliphatic heterocycles. The molecule has 0 atom stereocenters. The summed E-state index contributed by atoms with van der Waals surface area (Å²) in [5.74, 6) is 0.257. The number of anilines is 1. The fraction of sp³-hybridized carbons (Fsp3) is 0.212. The minimum atomic E-state index is -0.452. The molecule has 1 heterocycles. The van der Waals surface area contributed by atoms with E-state index in [1.54, 1.807) is 76.8 Å². The van der Waals surface area contributed by atoms with E-state index in [2.05, 4.69) is 10.3 Å². The van der Waals surface area contributed by atoms with E-state index in [-0.39, 0.29) is 24.1 Å². The van der Waals surface area contributed by atoms with Crippen LogP contribution in [0.15, 0.2) is 66.7 Å². The number of nitrogens with zero attached hydrogens (tertiary/aromatic N) is 3. The molecule has 0 spiro atoms. The summed E-state index contributed by atoms with van der Waals surface area (Å²) in [5, 5.41) is 4.01. The van der Waals surface area contributed by atoms with Gasteiger partial charge in [0, 0.05) is 60.5 Å². The minimum absolute atomic E-state index is 0.0242. The minimum Gasteiger partial charge on any atom is -0.496 e. The highest BCUT2D eigenvalue weighted by Crippen LogP contribution is 2.36. The Morgan fingerprint density at radius 1 is 0.977 bits per heavy atom. The molecule has 4 rings (SSSR count). The van der Waals surface area contributed by atoms with Crippen molar-refractivity contribution in [2.75, 3.05) is 39.7 Å². The molecule has 0 bridgehead atoms. The average molecular weight is 636 g/mol. The summed E-state index contributed by atoms with van der Waals surface area (Å²) in [5.41, 5.74) is 3.59. The van der Waals surface area contributed by atoms with E-state index in [9.17, 15) is 14.4 Å². The molecule has 0 saturated carbocycles. The topological polar surface area (TPSA) is 101 Å². The van der Waals surface area contributed by atoms with E-state index in [4.69, 9.17) is 32.7 Å². The van der Waals surface area contributed by atoms with Crippen LogP contribution in [0.3, 0.4) is 0 Å². The van der Waals surface area contributed by atoms with Crippen LogP contribution < -0.4 is 19.7 Å². The fourth-order valence-electron chi connectivity index (χ4n) is 4.37. The number of amides is 3.